The molecule has 6 heteroatoms. The van der Waals surface area contributed by atoms with Crippen molar-refractivity contribution in [2.75, 3.05) is 11.9 Å². The second kappa shape index (κ2) is 8.45. The molecule has 1 fully saturated rings. The highest BCUT2D eigenvalue weighted by atomic mass is 32.2. The minimum absolute atomic E-state index is 0.148. The molecule has 1 atom stereocenters. The number of anilines is 1. The SMILES string of the molecule is Cc1ccc(S(=O)(=O)N2CCCCC2CC(=O)Nc2cccc(C)c2C)cc1. The largest absolute Gasteiger partial charge is 0.326 e. The van der Waals surface area contributed by atoms with E-state index in [4.69, 9.17) is 0 Å². The van der Waals surface area contributed by atoms with Crippen LogP contribution in [0, 0.1) is 20.8 Å². The van der Waals surface area contributed by atoms with Crippen molar-refractivity contribution in [2.45, 2.75) is 57.4 Å². The van der Waals surface area contributed by atoms with Gasteiger partial charge in [0, 0.05) is 24.7 Å². The number of rotatable bonds is 5. The molecule has 28 heavy (non-hydrogen) atoms. The summed E-state index contributed by atoms with van der Waals surface area (Å²) in [5.74, 6) is -0.148. The zero-order valence-corrected chi connectivity index (χ0v) is 17.6. The van der Waals surface area contributed by atoms with Crippen LogP contribution in [-0.4, -0.2) is 31.2 Å². The smallest absolute Gasteiger partial charge is 0.243 e. The number of nitrogens with zero attached hydrogens (tertiary/aromatic N) is 1. The lowest BCUT2D eigenvalue weighted by molar-refractivity contribution is -0.117. The molecule has 0 saturated carbocycles. The van der Waals surface area contributed by atoms with Crippen molar-refractivity contribution in [1.82, 2.24) is 4.31 Å². The van der Waals surface area contributed by atoms with Gasteiger partial charge in [-0.15, -0.1) is 0 Å². The topological polar surface area (TPSA) is 66.5 Å². The van der Waals surface area contributed by atoms with E-state index in [1.54, 1.807) is 24.3 Å². The van der Waals surface area contributed by atoms with Crippen LogP contribution in [0.1, 0.15) is 42.4 Å². The zero-order chi connectivity index (χ0) is 20.3. The van der Waals surface area contributed by atoms with Crippen LogP contribution >= 0.6 is 0 Å². The van der Waals surface area contributed by atoms with E-state index in [0.717, 1.165) is 35.2 Å². The van der Waals surface area contributed by atoms with E-state index in [1.807, 2.05) is 39.0 Å². The molecule has 0 spiro atoms. The Morgan fingerprint density at radius 3 is 2.50 bits per heavy atom. The summed E-state index contributed by atoms with van der Waals surface area (Å²) in [5, 5.41) is 2.96. The molecule has 5 nitrogen and oxygen atoms in total. The standard InChI is InChI=1S/C22H28N2O3S/c1-16-10-12-20(13-11-16)28(26,27)24-14-5-4-8-19(24)15-22(25)23-21-9-6-7-17(2)18(21)3/h6-7,9-13,19H,4-5,8,14-15H2,1-3H3,(H,23,25). The third-order valence-electron chi connectivity index (χ3n) is 5.50. The molecule has 1 N–H and O–H groups in total. The van der Waals surface area contributed by atoms with Crippen molar-refractivity contribution in [3.63, 3.8) is 0 Å². The van der Waals surface area contributed by atoms with Crippen LogP contribution in [-0.2, 0) is 14.8 Å². The zero-order valence-electron chi connectivity index (χ0n) is 16.7. The molecule has 1 amide bonds. The number of carbonyl (C=O) groups excluding carboxylic acids is 1. The van der Waals surface area contributed by atoms with E-state index < -0.39 is 10.0 Å². The molecule has 1 aliphatic rings. The highest BCUT2D eigenvalue weighted by molar-refractivity contribution is 7.89. The number of aryl methyl sites for hydroxylation is 2. The third kappa shape index (κ3) is 4.45. The summed E-state index contributed by atoms with van der Waals surface area (Å²) in [6.07, 6.45) is 2.62. The Morgan fingerprint density at radius 2 is 1.79 bits per heavy atom. The lowest BCUT2D eigenvalue weighted by Gasteiger charge is -2.34. The lowest BCUT2D eigenvalue weighted by atomic mass is 10.0. The predicted octanol–water partition coefficient (Wildman–Crippen LogP) is 4.18. The van der Waals surface area contributed by atoms with Crippen LogP contribution in [0.5, 0.6) is 0 Å². The molecule has 1 saturated heterocycles. The van der Waals surface area contributed by atoms with Crippen molar-refractivity contribution in [3.05, 3.63) is 59.2 Å². The van der Waals surface area contributed by atoms with E-state index in [-0.39, 0.29) is 18.4 Å². The maximum atomic E-state index is 13.1. The number of sulfonamides is 1. The Bertz CT molecular complexity index is 952. The average molecular weight is 401 g/mol. The molecule has 2 aromatic carbocycles. The highest BCUT2D eigenvalue weighted by Gasteiger charge is 2.34. The van der Waals surface area contributed by atoms with E-state index >= 15 is 0 Å². The van der Waals surface area contributed by atoms with Crippen molar-refractivity contribution in [3.8, 4) is 0 Å². The van der Waals surface area contributed by atoms with Gasteiger partial charge in [-0.1, -0.05) is 36.2 Å². The van der Waals surface area contributed by atoms with Crippen LogP contribution in [0.15, 0.2) is 47.4 Å². The van der Waals surface area contributed by atoms with Crippen molar-refractivity contribution < 1.29 is 13.2 Å². The quantitative estimate of drug-likeness (QED) is 0.819. The molecule has 0 radical (unpaired) electrons. The Balaban J connectivity index is 1.77. The molecule has 1 unspecified atom stereocenters. The first-order chi connectivity index (χ1) is 13.3. The van der Waals surface area contributed by atoms with Gasteiger partial charge in [0.15, 0.2) is 0 Å². The summed E-state index contributed by atoms with van der Waals surface area (Å²) in [4.78, 5) is 13.0. The molecule has 1 aliphatic heterocycles. The van der Waals surface area contributed by atoms with E-state index in [9.17, 15) is 13.2 Å². The molecule has 1 heterocycles. The van der Waals surface area contributed by atoms with Crippen LogP contribution < -0.4 is 5.32 Å². The summed E-state index contributed by atoms with van der Waals surface area (Å²) in [7, 11) is -3.61. The Kier molecular flexibility index (Phi) is 6.20. The van der Waals surface area contributed by atoms with E-state index in [0.29, 0.717) is 17.9 Å². The summed E-state index contributed by atoms with van der Waals surface area (Å²) < 4.78 is 27.8. The molecular weight excluding hydrogens is 372 g/mol. The third-order valence-corrected chi connectivity index (χ3v) is 7.47. The first-order valence-corrected chi connectivity index (χ1v) is 11.2. The number of hydrogen-bond donors (Lipinski definition) is 1. The van der Waals surface area contributed by atoms with Gasteiger partial charge in [-0.25, -0.2) is 8.42 Å². The second-order valence-electron chi connectivity index (χ2n) is 7.58. The molecule has 0 bridgehead atoms. The normalized spacial score (nSPS) is 18.0. The van der Waals surface area contributed by atoms with Gasteiger partial charge in [0.05, 0.1) is 4.90 Å². The molecule has 3 rings (SSSR count). The predicted molar refractivity (Wildman–Crippen MR) is 112 cm³/mol. The summed E-state index contributed by atoms with van der Waals surface area (Å²) >= 11 is 0. The van der Waals surface area contributed by atoms with Gasteiger partial charge in [0.1, 0.15) is 0 Å². The first-order valence-electron chi connectivity index (χ1n) is 9.73. The number of carbonyl (C=O) groups is 1. The summed E-state index contributed by atoms with van der Waals surface area (Å²) in [5.41, 5.74) is 3.94. The monoisotopic (exact) mass is 400 g/mol. The molecule has 150 valence electrons. The molecule has 0 aliphatic carbocycles. The van der Waals surface area contributed by atoms with Crippen LogP contribution in [0.2, 0.25) is 0 Å². The van der Waals surface area contributed by atoms with Crippen molar-refractivity contribution in [2.24, 2.45) is 0 Å². The average Bonchev–Trinajstić information content (AvgIpc) is 2.66. The van der Waals surface area contributed by atoms with Gasteiger partial charge in [0.2, 0.25) is 15.9 Å². The molecule has 0 aromatic heterocycles. The van der Waals surface area contributed by atoms with E-state index in [1.165, 1.54) is 4.31 Å². The highest BCUT2D eigenvalue weighted by Crippen LogP contribution is 2.28. The number of amides is 1. The van der Waals surface area contributed by atoms with Gasteiger partial charge < -0.3 is 5.32 Å². The fourth-order valence-electron chi connectivity index (χ4n) is 3.64. The number of benzene rings is 2. The number of hydrogen-bond acceptors (Lipinski definition) is 3. The van der Waals surface area contributed by atoms with Crippen LogP contribution in [0.3, 0.4) is 0 Å². The minimum Gasteiger partial charge on any atom is -0.326 e. The maximum Gasteiger partial charge on any atom is 0.243 e. The first kappa shape index (κ1) is 20.6. The van der Waals surface area contributed by atoms with E-state index in [2.05, 4.69) is 5.32 Å². The van der Waals surface area contributed by atoms with Crippen molar-refractivity contribution in [1.29, 1.82) is 0 Å². The van der Waals surface area contributed by atoms with Crippen molar-refractivity contribution >= 4 is 21.6 Å². The van der Waals surface area contributed by atoms with Gasteiger partial charge in [-0.05, 0) is 62.9 Å². The number of nitrogens with one attached hydrogen (secondary N) is 1. The van der Waals surface area contributed by atoms with Gasteiger partial charge >= 0.3 is 0 Å². The fraction of sp³-hybridized carbons (Fsp3) is 0.409. The Morgan fingerprint density at radius 1 is 1.07 bits per heavy atom. The van der Waals surface area contributed by atoms with Crippen LogP contribution in [0.4, 0.5) is 5.69 Å². The van der Waals surface area contributed by atoms with Crippen LogP contribution in [0.25, 0.3) is 0 Å². The number of piperidine rings is 1. The van der Waals surface area contributed by atoms with Gasteiger partial charge in [0.25, 0.3) is 0 Å². The lowest BCUT2D eigenvalue weighted by Crippen LogP contribution is -2.45. The summed E-state index contributed by atoms with van der Waals surface area (Å²) in [6, 6.07) is 12.4. The Hall–Kier alpha value is -2.18. The Labute approximate surface area is 167 Å². The summed E-state index contributed by atoms with van der Waals surface area (Å²) in [6.45, 7) is 6.36. The van der Waals surface area contributed by atoms with Gasteiger partial charge in [-0.3, -0.25) is 4.79 Å². The second-order valence-corrected chi connectivity index (χ2v) is 9.47. The fourth-order valence-corrected chi connectivity index (χ4v) is 5.33. The minimum atomic E-state index is -3.61. The molecular formula is C22H28N2O3S. The molecule has 2 aromatic rings. The maximum absolute atomic E-state index is 13.1. The van der Waals surface area contributed by atoms with Gasteiger partial charge in [-0.2, -0.15) is 4.31 Å².